The molecule has 5 aromatic rings. The number of anilines is 1. The minimum absolute atomic E-state index is 0.238. The normalized spacial score (nSPS) is 19.1. The number of aromatic nitrogens is 7. The molecule has 0 saturated carbocycles. The highest BCUT2D eigenvalue weighted by Gasteiger charge is 2.38. The van der Waals surface area contributed by atoms with Crippen LogP contribution in [-0.2, 0) is 11.3 Å². The van der Waals surface area contributed by atoms with Crippen molar-refractivity contribution >= 4 is 11.3 Å². The quantitative estimate of drug-likeness (QED) is 0.315. The molecule has 41 heavy (non-hydrogen) atoms. The Morgan fingerprint density at radius 2 is 1.83 bits per heavy atom. The summed E-state index contributed by atoms with van der Waals surface area (Å²) in [6.45, 7) is 8.03. The van der Waals surface area contributed by atoms with Gasteiger partial charge in [-0.05, 0) is 38.1 Å². The third kappa shape index (κ3) is 4.71. The molecule has 2 saturated heterocycles. The summed E-state index contributed by atoms with van der Waals surface area (Å²) >= 11 is 0. The zero-order valence-corrected chi connectivity index (χ0v) is 23.0. The summed E-state index contributed by atoms with van der Waals surface area (Å²) in [6, 6.07) is 13.2. The van der Waals surface area contributed by atoms with Gasteiger partial charge in [-0.15, -0.1) is 0 Å². The fourth-order valence-corrected chi connectivity index (χ4v) is 5.75. The monoisotopic (exact) mass is 546 g/mol. The highest BCUT2D eigenvalue weighted by Crippen LogP contribution is 2.31. The van der Waals surface area contributed by atoms with Gasteiger partial charge in [-0.1, -0.05) is 6.07 Å². The Balaban J connectivity index is 1.18. The molecule has 2 aliphatic heterocycles. The molecule has 0 N–H and O–H groups in total. The number of nitriles is 1. The maximum absolute atomic E-state index is 9.77. The van der Waals surface area contributed by atoms with Crippen LogP contribution in [0.5, 0.6) is 0 Å². The molecule has 7 heterocycles. The summed E-state index contributed by atoms with van der Waals surface area (Å²) in [5.41, 5.74) is 5.32. The number of fused-ring (bicyclic) bond motifs is 3. The van der Waals surface area contributed by atoms with Gasteiger partial charge < -0.3 is 9.64 Å². The van der Waals surface area contributed by atoms with Crippen LogP contribution >= 0.6 is 0 Å². The summed E-state index contributed by atoms with van der Waals surface area (Å²) in [5, 5.41) is 18.7. The minimum Gasteiger partial charge on any atom is -0.378 e. The van der Waals surface area contributed by atoms with Crippen molar-refractivity contribution in [2.24, 2.45) is 0 Å². The summed E-state index contributed by atoms with van der Waals surface area (Å²) < 4.78 is 9.55. The Hall–Kier alpha value is -4.66. The van der Waals surface area contributed by atoms with E-state index in [0.717, 1.165) is 48.0 Å². The van der Waals surface area contributed by atoms with Crippen molar-refractivity contribution in [3.63, 3.8) is 0 Å². The largest absolute Gasteiger partial charge is 0.378 e. The Bertz CT molecular complexity index is 1710. The van der Waals surface area contributed by atoms with Gasteiger partial charge in [-0.25, -0.2) is 14.5 Å². The van der Waals surface area contributed by atoms with Crippen molar-refractivity contribution in [1.82, 2.24) is 39.2 Å². The Morgan fingerprint density at radius 1 is 0.976 bits per heavy atom. The summed E-state index contributed by atoms with van der Waals surface area (Å²) in [4.78, 5) is 19.3. The predicted molar refractivity (Wildman–Crippen MR) is 153 cm³/mol. The van der Waals surface area contributed by atoms with Gasteiger partial charge in [0.25, 0.3) is 0 Å². The summed E-state index contributed by atoms with van der Waals surface area (Å²) in [6.07, 6.45) is 10.9. The smallest absolute Gasteiger partial charge is 0.128 e. The first-order chi connectivity index (χ1) is 20.1. The number of ether oxygens (including phenoxy) is 1. The standard InChI is InChI=1S/C30H30N10O/c1-20(2)39-13-23(12-34-39)27-17-40-30(22(9-31)11-35-40)29(36-27)21-6-7-28(33-10-21)37-15-25-18-41-19-26(16-37)38(25)14-24-5-3-4-8-32-24/h3-8,10-13,17,20,25-26H,14-16,18-19H2,1-2H3. The lowest BCUT2D eigenvalue weighted by Crippen LogP contribution is -2.64. The highest BCUT2D eigenvalue weighted by molar-refractivity contribution is 5.83. The fourth-order valence-electron chi connectivity index (χ4n) is 5.75. The first-order valence-corrected chi connectivity index (χ1v) is 13.8. The van der Waals surface area contributed by atoms with E-state index in [-0.39, 0.29) is 18.1 Å². The number of hydrogen-bond donors (Lipinski definition) is 0. The Morgan fingerprint density at radius 3 is 2.51 bits per heavy atom. The van der Waals surface area contributed by atoms with E-state index < -0.39 is 0 Å². The summed E-state index contributed by atoms with van der Waals surface area (Å²) in [7, 11) is 0. The van der Waals surface area contributed by atoms with Gasteiger partial charge in [-0.3, -0.25) is 14.6 Å². The molecule has 206 valence electrons. The molecule has 2 bridgehead atoms. The number of hydrogen-bond acceptors (Lipinski definition) is 9. The van der Waals surface area contributed by atoms with Crippen molar-refractivity contribution < 1.29 is 4.74 Å². The molecule has 0 aromatic carbocycles. The molecule has 5 aromatic heterocycles. The molecular formula is C30H30N10O. The molecule has 0 spiro atoms. The van der Waals surface area contributed by atoms with Gasteiger partial charge in [0.1, 0.15) is 23.0 Å². The van der Waals surface area contributed by atoms with Crippen LogP contribution in [0, 0.1) is 11.3 Å². The van der Waals surface area contributed by atoms with Crippen LogP contribution in [0.3, 0.4) is 0 Å². The van der Waals surface area contributed by atoms with Crippen molar-refractivity contribution in [2.75, 3.05) is 31.2 Å². The van der Waals surface area contributed by atoms with E-state index in [4.69, 9.17) is 14.7 Å². The Labute approximate surface area is 237 Å². The molecule has 2 unspecified atom stereocenters. The van der Waals surface area contributed by atoms with E-state index in [9.17, 15) is 5.26 Å². The number of nitrogens with zero attached hydrogens (tertiary/aromatic N) is 10. The van der Waals surface area contributed by atoms with Crippen LogP contribution in [0.15, 0.2) is 67.5 Å². The second-order valence-corrected chi connectivity index (χ2v) is 10.9. The van der Waals surface area contributed by atoms with Crippen molar-refractivity contribution in [3.8, 4) is 28.6 Å². The average Bonchev–Trinajstić information content (AvgIpc) is 3.65. The molecule has 0 aliphatic carbocycles. The molecule has 11 heteroatoms. The second-order valence-electron chi connectivity index (χ2n) is 10.9. The van der Waals surface area contributed by atoms with Gasteiger partial charge in [0.05, 0.1) is 61.0 Å². The van der Waals surface area contributed by atoms with E-state index in [0.29, 0.717) is 30.0 Å². The van der Waals surface area contributed by atoms with E-state index in [1.165, 1.54) is 0 Å². The lowest BCUT2D eigenvalue weighted by Gasteiger charge is -2.50. The molecule has 2 atom stereocenters. The van der Waals surface area contributed by atoms with E-state index >= 15 is 0 Å². The summed E-state index contributed by atoms with van der Waals surface area (Å²) in [5.74, 6) is 0.919. The van der Waals surface area contributed by atoms with E-state index in [2.05, 4.69) is 51.0 Å². The van der Waals surface area contributed by atoms with Gasteiger partial charge in [0.15, 0.2) is 0 Å². The van der Waals surface area contributed by atoms with Crippen molar-refractivity contribution in [3.05, 3.63) is 78.8 Å². The van der Waals surface area contributed by atoms with Crippen LogP contribution in [-0.4, -0.2) is 77.6 Å². The number of rotatable bonds is 6. The first-order valence-electron chi connectivity index (χ1n) is 13.8. The van der Waals surface area contributed by atoms with Crippen LogP contribution in [0.1, 0.15) is 31.1 Å². The average molecular weight is 547 g/mol. The molecule has 0 radical (unpaired) electrons. The van der Waals surface area contributed by atoms with Crippen LogP contribution in [0.25, 0.3) is 28.0 Å². The van der Waals surface area contributed by atoms with E-state index in [1.807, 2.05) is 59.9 Å². The van der Waals surface area contributed by atoms with Gasteiger partial charge in [-0.2, -0.15) is 15.5 Å². The van der Waals surface area contributed by atoms with Crippen molar-refractivity contribution in [2.45, 2.75) is 38.5 Å². The zero-order chi connectivity index (χ0) is 27.9. The number of piperazine rings is 1. The van der Waals surface area contributed by atoms with E-state index in [1.54, 1.807) is 10.7 Å². The maximum Gasteiger partial charge on any atom is 0.128 e. The fraction of sp³-hybridized carbons (Fsp3) is 0.333. The predicted octanol–water partition coefficient (Wildman–Crippen LogP) is 3.59. The second kappa shape index (κ2) is 10.4. The molecule has 11 nitrogen and oxygen atoms in total. The van der Waals surface area contributed by atoms with Gasteiger partial charge in [0, 0.05) is 55.4 Å². The zero-order valence-electron chi connectivity index (χ0n) is 23.0. The topological polar surface area (TPSA) is 113 Å². The van der Waals surface area contributed by atoms with Crippen LogP contribution in [0.4, 0.5) is 5.82 Å². The maximum atomic E-state index is 9.77. The molecule has 2 aliphatic rings. The molecule has 7 rings (SSSR count). The third-order valence-corrected chi connectivity index (χ3v) is 7.88. The van der Waals surface area contributed by atoms with Gasteiger partial charge >= 0.3 is 0 Å². The van der Waals surface area contributed by atoms with Gasteiger partial charge in [0.2, 0.25) is 0 Å². The van der Waals surface area contributed by atoms with Crippen LogP contribution in [0.2, 0.25) is 0 Å². The lowest BCUT2D eigenvalue weighted by molar-refractivity contribution is -0.0625. The molecule has 0 amide bonds. The number of morpholine rings is 1. The SMILES string of the molecule is CC(C)n1cc(-c2cn3ncc(C#N)c3c(-c3ccc(N4CC5COCC(C4)N5Cc4ccccn4)nc3)n2)cn1. The minimum atomic E-state index is 0.238. The lowest BCUT2D eigenvalue weighted by atomic mass is 10.0. The molecule has 2 fully saturated rings. The van der Waals surface area contributed by atoms with Crippen LogP contribution < -0.4 is 4.90 Å². The highest BCUT2D eigenvalue weighted by atomic mass is 16.5. The first kappa shape index (κ1) is 25.3. The third-order valence-electron chi connectivity index (χ3n) is 7.88. The number of pyridine rings is 2. The van der Waals surface area contributed by atoms with Crippen molar-refractivity contribution in [1.29, 1.82) is 5.26 Å². The molecular weight excluding hydrogens is 516 g/mol. The Kier molecular flexibility index (Phi) is 6.41.